The van der Waals surface area contributed by atoms with Crippen LogP contribution in [0.4, 0.5) is 10.9 Å². The Hall–Kier alpha value is -1.21. The molecule has 0 bridgehead atoms. The van der Waals surface area contributed by atoms with Gasteiger partial charge in [0.15, 0.2) is 5.13 Å². The van der Waals surface area contributed by atoms with Crippen molar-refractivity contribution in [1.82, 2.24) is 10.3 Å². The highest BCUT2D eigenvalue weighted by Gasteiger charge is 2.16. The SMILES string of the molecule is C=CCSCCNC(=O)c1sc(N(C)C)nc1N. The summed E-state index contributed by atoms with van der Waals surface area (Å²) in [5.74, 6) is 1.89. The van der Waals surface area contributed by atoms with Crippen LogP contribution in [0.5, 0.6) is 0 Å². The number of hydrogen-bond acceptors (Lipinski definition) is 6. The Balaban J connectivity index is 2.48. The fraction of sp³-hybridized carbons (Fsp3) is 0.455. The second-order valence-electron chi connectivity index (χ2n) is 3.72. The van der Waals surface area contributed by atoms with E-state index in [-0.39, 0.29) is 5.91 Å². The second-order valence-corrected chi connectivity index (χ2v) is 5.85. The van der Waals surface area contributed by atoms with Crippen LogP contribution in [0.2, 0.25) is 0 Å². The van der Waals surface area contributed by atoms with Gasteiger partial charge in [-0.2, -0.15) is 11.8 Å². The molecule has 1 rings (SSSR count). The first-order valence-corrected chi connectivity index (χ1v) is 7.43. The number of carbonyl (C=O) groups excluding carboxylic acids is 1. The summed E-state index contributed by atoms with van der Waals surface area (Å²) in [5.41, 5.74) is 5.73. The summed E-state index contributed by atoms with van der Waals surface area (Å²) in [6, 6.07) is 0. The molecule has 0 radical (unpaired) electrons. The molecule has 0 unspecified atom stereocenters. The molecular formula is C11H18N4OS2. The van der Waals surface area contributed by atoms with Crippen molar-refractivity contribution in [3.05, 3.63) is 17.5 Å². The van der Waals surface area contributed by atoms with Crippen LogP contribution in [0.25, 0.3) is 0 Å². The number of nitrogen functional groups attached to an aromatic ring is 1. The molecule has 5 nitrogen and oxygen atoms in total. The van der Waals surface area contributed by atoms with Gasteiger partial charge in [0.2, 0.25) is 0 Å². The van der Waals surface area contributed by atoms with Gasteiger partial charge in [0.05, 0.1) is 0 Å². The van der Waals surface area contributed by atoms with Crippen LogP contribution in [0.1, 0.15) is 9.67 Å². The number of anilines is 2. The lowest BCUT2D eigenvalue weighted by Gasteiger charge is -2.05. The van der Waals surface area contributed by atoms with Crippen molar-refractivity contribution in [3.63, 3.8) is 0 Å². The van der Waals surface area contributed by atoms with Crippen molar-refractivity contribution in [3.8, 4) is 0 Å². The maximum absolute atomic E-state index is 11.9. The number of nitrogens with one attached hydrogen (secondary N) is 1. The zero-order valence-electron chi connectivity index (χ0n) is 10.6. The van der Waals surface area contributed by atoms with Crippen molar-refractivity contribution < 1.29 is 4.79 Å². The quantitative estimate of drug-likeness (QED) is 0.586. The Morgan fingerprint density at radius 1 is 1.67 bits per heavy atom. The van der Waals surface area contributed by atoms with E-state index >= 15 is 0 Å². The summed E-state index contributed by atoms with van der Waals surface area (Å²) in [4.78, 5) is 18.3. The Morgan fingerprint density at radius 2 is 2.39 bits per heavy atom. The van der Waals surface area contributed by atoms with E-state index in [0.717, 1.165) is 16.6 Å². The third-order valence-corrected chi connectivity index (χ3v) is 4.20. The maximum Gasteiger partial charge on any atom is 0.265 e. The first-order chi connectivity index (χ1) is 8.56. The molecular weight excluding hydrogens is 268 g/mol. The summed E-state index contributed by atoms with van der Waals surface area (Å²) in [7, 11) is 3.73. The van der Waals surface area contributed by atoms with Crippen LogP contribution in [-0.2, 0) is 0 Å². The molecule has 0 aromatic carbocycles. The van der Waals surface area contributed by atoms with E-state index in [4.69, 9.17) is 5.73 Å². The van der Waals surface area contributed by atoms with Crippen LogP contribution in [0.15, 0.2) is 12.7 Å². The van der Waals surface area contributed by atoms with E-state index in [0.29, 0.717) is 17.2 Å². The van der Waals surface area contributed by atoms with E-state index in [2.05, 4.69) is 16.9 Å². The molecule has 0 aliphatic carbocycles. The van der Waals surface area contributed by atoms with Gasteiger partial charge in [-0.05, 0) is 0 Å². The van der Waals surface area contributed by atoms with Gasteiger partial charge in [0.1, 0.15) is 10.7 Å². The largest absolute Gasteiger partial charge is 0.382 e. The van der Waals surface area contributed by atoms with Crippen molar-refractivity contribution >= 4 is 40.0 Å². The number of carbonyl (C=O) groups is 1. The number of nitrogens with zero attached hydrogens (tertiary/aromatic N) is 2. The Kier molecular flexibility index (Phi) is 6.00. The number of aromatic nitrogens is 1. The van der Waals surface area contributed by atoms with E-state index in [1.807, 2.05) is 25.1 Å². The molecule has 0 aliphatic rings. The Labute approximate surface area is 115 Å². The highest BCUT2D eigenvalue weighted by Crippen LogP contribution is 2.26. The second kappa shape index (κ2) is 7.27. The van der Waals surface area contributed by atoms with Gasteiger partial charge >= 0.3 is 0 Å². The predicted octanol–water partition coefficient (Wildman–Crippen LogP) is 1.44. The topological polar surface area (TPSA) is 71.2 Å². The molecule has 1 amide bonds. The average Bonchev–Trinajstić information content (AvgIpc) is 2.71. The van der Waals surface area contributed by atoms with Crippen molar-refractivity contribution in [2.45, 2.75) is 0 Å². The summed E-state index contributed by atoms with van der Waals surface area (Å²) >= 11 is 3.02. The third-order valence-electron chi connectivity index (χ3n) is 2.00. The molecule has 100 valence electrons. The summed E-state index contributed by atoms with van der Waals surface area (Å²) in [6.45, 7) is 4.25. The summed E-state index contributed by atoms with van der Waals surface area (Å²) < 4.78 is 0. The number of hydrogen-bond donors (Lipinski definition) is 2. The summed E-state index contributed by atoms with van der Waals surface area (Å²) in [5, 5.41) is 3.56. The molecule has 3 N–H and O–H groups in total. The molecule has 0 saturated carbocycles. The van der Waals surface area contributed by atoms with E-state index in [9.17, 15) is 4.79 Å². The van der Waals surface area contributed by atoms with Gasteiger partial charge in [-0.25, -0.2) is 4.98 Å². The molecule has 0 aliphatic heterocycles. The molecule has 1 aromatic rings. The lowest BCUT2D eigenvalue weighted by atomic mass is 10.4. The third kappa shape index (κ3) is 4.23. The van der Waals surface area contributed by atoms with Crippen LogP contribution < -0.4 is 16.0 Å². The molecule has 1 heterocycles. The highest BCUT2D eigenvalue weighted by molar-refractivity contribution is 7.99. The zero-order valence-corrected chi connectivity index (χ0v) is 12.2. The molecule has 7 heteroatoms. The lowest BCUT2D eigenvalue weighted by molar-refractivity contribution is 0.0961. The smallest absolute Gasteiger partial charge is 0.265 e. The minimum Gasteiger partial charge on any atom is -0.382 e. The average molecular weight is 286 g/mol. The highest BCUT2D eigenvalue weighted by atomic mass is 32.2. The first-order valence-electron chi connectivity index (χ1n) is 5.46. The van der Waals surface area contributed by atoms with Gasteiger partial charge in [-0.15, -0.1) is 6.58 Å². The van der Waals surface area contributed by atoms with Crippen LogP contribution in [0.3, 0.4) is 0 Å². The normalized spacial score (nSPS) is 10.1. The van der Waals surface area contributed by atoms with Gasteiger partial charge in [-0.3, -0.25) is 4.79 Å². The minimum atomic E-state index is -0.155. The molecule has 0 saturated heterocycles. The monoisotopic (exact) mass is 286 g/mol. The Morgan fingerprint density at radius 3 is 2.94 bits per heavy atom. The number of rotatable bonds is 7. The van der Waals surface area contributed by atoms with E-state index < -0.39 is 0 Å². The first kappa shape index (κ1) is 14.8. The van der Waals surface area contributed by atoms with Crippen molar-refractivity contribution in [1.29, 1.82) is 0 Å². The molecule has 0 atom stereocenters. The fourth-order valence-corrected chi connectivity index (χ4v) is 2.56. The summed E-state index contributed by atoms with van der Waals surface area (Å²) in [6.07, 6.45) is 1.84. The predicted molar refractivity (Wildman–Crippen MR) is 80.7 cm³/mol. The van der Waals surface area contributed by atoms with Crippen molar-refractivity contribution in [2.24, 2.45) is 0 Å². The zero-order chi connectivity index (χ0) is 13.5. The standard InChI is InChI=1S/C11H18N4OS2/c1-4-6-17-7-5-13-10(16)8-9(12)14-11(18-8)15(2)3/h4H,1,5-7,12H2,2-3H3,(H,13,16). The van der Waals surface area contributed by atoms with Crippen LogP contribution in [0, 0.1) is 0 Å². The molecule has 0 fully saturated rings. The molecule has 0 spiro atoms. The molecule has 18 heavy (non-hydrogen) atoms. The van der Waals surface area contributed by atoms with Gasteiger partial charge < -0.3 is 16.0 Å². The lowest BCUT2D eigenvalue weighted by Crippen LogP contribution is -2.25. The number of nitrogens with two attached hydrogens (primary N) is 1. The van der Waals surface area contributed by atoms with Crippen LogP contribution >= 0.6 is 23.1 Å². The van der Waals surface area contributed by atoms with E-state index in [1.54, 1.807) is 11.8 Å². The van der Waals surface area contributed by atoms with Gasteiger partial charge in [0.25, 0.3) is 5.91 Å². The maximum atomic E-state index is 11.9. The van der Waals surface area contributed by atoms with E-state index in [1.165, 1.54) is 11.3 Å². The number of amides is 1. The van der Waals surface area contributed by atoms with Crippen LogP contribution in [-0.4, -0.2) is 43.0 Å². The Bertz CT molecular complexity index is 417. The van der Waals surface area contributed by atoms with Crippen molar-refractivity contribution in [2.75, 3.05) is 42.8 Å². The fourth-order valence-electron chi connectivity index (χ4n) is 1.16. The number of thioether (sulfide) groups is 1. The minimum absolute atomic E-state index is 0.155. The molecule has 1 aromatic heterocycles. The number of thiazole rings is 1. The van der Waals surface area contributed by atoms with Gasteiger partial charge in [0, 0.05) is 32.1 Å². The van der Waals surface area contributed by atoms with Gasteiger partial charge in [-0.1, -0.05) is 17.4 Å².